The maximum atomic E-state index is 13.2. The quantitative estimate of drug-likeness (QED) is 0.602. The van der Waals surface area contributed by atoms with Gasteiger partial charge in [0, 0.05) is 33.1 Å². The zero-order valence-electron chi connectivity index (χ0n) is 17.6. The monoisotopic (exact) mass is 442 g/mol. The summed E-state index contributed by atoms with van der Waals surface area (Å²) in [6.07, 6.45) is 1.90. The van der Waals surface area contributed by atoms with Gasteiger partial charge in [-0.15, -0.1) is 0 Å². The second kappa shape index (κ2) is 8.23. The SMILES string of the molecule is Cn1c(=O)n(C(=O)N2CC[C@H](Oc3ccc(F)cc3)C2)c2cnc(N3CCOCC3)nc21. The van der Waals surface area contributed by atoms with Gasteiger partial charge in [0.15, 0.2) is 5.65 Å². The number of fused-ring (bicyclic) bond motifs is 1. The molecule has 2 aromatic heterocycles. The molecule has 32 heavy (non-hydrogen) atoms. The van der Waals surface area contributed by atoms with Crippen LogP contribution in [0.15, 0.2) is 35.3 Å². The molecule has 3 aromatic rings. The summed E-state index contributed by atoms with van der Waals surface area (Å²) < 4.78 is 26.8. The van der Waals surface area contributed by atoms with E-state index in [-0.39, 0.29) is 11.9 Å². The van der Waals surface area contributed by atoms with Crippen LogP contribution in [-0.2, 0) is 11.8 Å². The summed E-state index contributed by atoms with van der Waals surface area (Å²) in [7, 11) is 1.59. The number of rotatable bonds is 3. The maximum absolute atomic E-state index is 13.2. The largest absolute Gasteiger partial charge is 0.489 e. The van der Waals surface area contributed by atoms with Gasteiger partial charge in [-0.1, -0.05) is 0 Å². The molecule has 0 radical (unpaired) electrons. The van der Waals surface area contributed by atoms with E-state index < -0.39 is 11.7 Å². The van der Waals surface area contributed by atoms with Crippen molar-refractivity contribution in [2.45, 2.75) is 12.5 Å². The van der Waals surface area contributed by atoms with Crippen molar-refractivity contribution in [1.29, 1.82) is 0 Å². The van der Waals surface area contributed by atoms with E-state index in [0.717, 1.165) is 4.57 Å². The third-order valence-electron chi connectivity index (χ3n) is 5.79. The molecule has 0 unspecified atom stereocenters. The molecule has 0 saturated carbocycles. The minimum atomic E-state index is -0.471. The second-order valence-electron chi connectivity index (χ2n) is 7.87. The molecule has 0 bridgehead atoms. The number of ether oxygens (including phenoxy) is 2. The minimum Gasteiger partial charge on any atom is -0.489 e. The summed E-state index contributed by atoms with van der Waals surface area (Å²) in [6, 6.07) is 5.33. The van der Waals surface area contributed by atoms with Gasteiger partial charge in [-0.2, -0.15) is 4.98 Å². The van der Waals surface area contributed by atoms with Crippen LogP contribution in [0.4, 0.5) is 15.1 Å². The van der Waals surface area contributed by atoms with Crippen molar-refractivity contribution in [1.82, 2.24) is 24.0 Å². The predicted molar refractivity (Wildman–Crippen MR) is 114 cm³/mol. The zero-order chi connectivity index (χ0) is 22.2. The first kappa shape index (κ1) is 20.4. The minimum absolute atomic E-state index is 0.237. The zero-order valence-corrected chi connectivity index (χ0v) is 17.6. The molecule has 0 aliphatic carbocycles. The molecule has 1 amide bonds. The number of amides is 1. The number of anilines is 1. The number of imidazole rings is 1. The number of carbonyl (C=O) groups excluding carboxylic acids is 1. The van der Waals surface area contributed by atoms with Gasteiger partial charge >= 0.3 is 11.7 Å². The lowest BCUT2D eigenvalue weighted by Crippen LogP contribution is -2.39. The number of aryl methyl sites for hydroxylation is 1. The summed E-state index contributed by atoms with van der Waals surface area (Å²) >= 11 is 0. The second-order valence-corrected chi connectivity index (χ2v) is 7.87. The Hall–Kier alpha value is -3.47. The molecule has 4 heterocycles. The Morgan fingerprint density at radius 3 is 2.69 bits per heavy atom. The van der Waals surface area contributed by atoms with Crippen LogP contribution in [0.5, 0.6) is 5.75 Å². The lowest BCUT2D eigenvalue weighted by Gasteiger charge is -2.26. The van der Waals surface area contributed by atoms with Gasteiger partial charge in [0.1, 0.15) is 23.2 Å². The summed E-state index contributed by atoms with van der Waals surface area (Å²) in [4.78, 5) is 38.6. The average Bonchev–Trinajstić information content (AvgIpc) is 3.38. The van der Waals surface area contributed by atoms with Gasteiger partial charge in [0.05, 0.1) is 26.0 Å². The highest BCUT2D eigenvalue weighted by Gasteiger charge is 2.31. The lowest BCUT2D eigenvalue weighted by atomic mass is 10.3. The molecular formula is C21H23FN6O4. The highest BCUT2D eigenvalue weighted by molar-refractivity contribution is 5.88. The predicted octanol–water partition coefficient (Wildman–Crippen LogP) is 1.23. The number of hydrogen-bond acceptors (Lipinski definition) is 7. The van der Waals surface area contributed by atoms with Crippen LogP contribution in [0, 0.1) is 5.82 Å². The van der Waals surface area contributed by atoms with Crippen molar-refractivity contribution in [2.75, 3.05) is 44.3 Å². The number of hydrogen-bond donors (Lipinski definition) is 0. The van der Waals surface area contributed by atoms with Crippen molar-refractivity contribution in [3.63, 3.8) is 0 Å². The fourth-order valence-electron chi connectivity index (χ4n) is 4.05. The van der Waals surface area contributed by atoms with Crippen molar-refractivity contribution in [2.24, 2.45) is 7.05 Å². The molecule has 0 spiro atoms. The number of carbonyl (C=O) groups is 1. The van der Waals surface area contributed by atoms with Crippen molar-refractivity contribution >= 4 is 23.1 Å². The number of aromatic nitrogens is 4. The fraction of sp³-hybridized carbons (Fsp3) is 0.429. The van der Waals surface area contributed by atoms with Crippen LogP contribution in [0.3, 0.4) is 0 Å². The van der Waals surface area contributed by atoms with Crippen molar-refractivity contribution in [3.05, 3.63) is 46.8 Å². The Labute approximate surface area is 182 Å². The standard InChI is InChI=1S/C21H23FN6O4/c1-25-18-17(12-23-19(24-18)26-8-10-31-11-9-26)28(20(25)29)21(30)27-7-6-16(13-27)32-15-4-2-14(22)3-5-15/h2-5,12,16H,6-11,13H2,1H3/t16-/m0/s1. The van der Waals surface area contributed by atoms with Gasteiger partial charge < -0.3 is 19.3 Å². The molecule has 1 aromatic carbocycles. The molecule has 5 rings (SSSR count). The smallest absolute Gasteiger partial charge is 0.338 e. The van der Waals surface area contributed by atoms with Crippen LogP contribution in [0.2, 0.25) is 0 Å². The first-order valence-electron chi connectivity index (χ1n) is 10.5. The normalized spacial score (nSPS) is 19.0. The molecule has 2 aliphatic heterocycles. The van der Waals surface area contributed by atoms with Gasteiger partial charge in [0.25, 0.3) is 0 Å². The number of morpholine rings is 1. The van der Waals surface area contributed by atoms with Gasteiger partial charge in [-0.3, -0.25) is 4.57 Å². The van der Waals surface area contributed by atoms with E-state index in [2.05, 4.69) is 9.97 Å². The summed E-state index contributed by atoms with van der Waals surface area (Å²) in [5.41, 5.74) is 0.293. The van der Waals surface area contributed by atoms with E-state index in [1.165, 1.54) is 22.9 Å². The van der Waals surface area contributed by atoms with Crippen LogP contribution in [-0.4, -0.2) is 75.5 Å². The molecule has 1 atom stereocenters. The maximum Gasteiger partial charge on any atom is 0.338 e. The molecule has 2 saturated heterocycles. The number of halogens is 1. The molecule has 0 N–H and O–H groups in total. The van der Waals surface area contributed by atoms with E-state index >= 15 is 0 Å². The number of benzene rings is 1. The topological polar surface area (TPSA) is 94.7 Å². The van der Waals surface area contributed by atoms with E-state index in [1.807, 2.05) is 4.90 Å². The van der Waals surface area contributed by atoms with Crippen LogP contribution < -0.4 is 15.3 Å². The summed E-state index contributed by atoms with van der Waals surface area (Å²) in [6.45, 7) is 3.29. The Morgan fingerprint density at radius 2 is 1.94 bits per heavy atom. The van der Waals surface area contributed by atoms with Gasteiger partial charge in [0.2, 0.25) is 5.95 Å². The first-order valence-corrected chi connectivity index (χ1v) is 10.5. The van der Waals surface area contributed by atoms with Gasteiger partial charge in [-0.05, 0) is 24.3 Å². The van der Waals surface area contributed by atoms with E-state index in [0.29, 0.717) is 68.7 Å². The highest BCUT2D eigenvalue weighted by atomic mass is 19.1. The molecule has 10 nitrogen and oxygen atoms in total. The molecule has 168 valence electrons. The van der Waals surface area contributed by atoms with Crippen molar-refractivity contribution < 1.29 is 18.7 Å². The summed E-state index contributed by atoms with van der Waals surface area (Å²) in [5.74, 6) is 0.710. The van der Waals surface area contributed by atoms with E-state index in [4.69, 9.17) is 9.47 Å². The molecule has 2 fully saturated rings. The molecule has 11 heteroatoms. The first-order chi connectivity index (χ1) is 15.5. The summed E-state index contributed by atoms with van der Waals surface area (Å²) in [5, 5.41) is 0. The Morgan fingerprint density at radius 1 is 1.19 bits per heavy atom. The van der Waals surface area contributed by atoms with Crippen LogP contribution in [0.1, 0.15) is 6.42 Å². The molecule has 2 aliphatic rings. The average molecular weight is 442 g/mol. The van der Waals surface area contributed by atoms with Crippen LogP contribution >= 0.6 is 0 Å². The fourth-order valence-corrected chi connectivity index (χ4v) is 4.05. The third kappa shape index (κ3) is 3.68. The number of nitrogens with zero attached hydrogens (tertiary/aromatic N) is 6. The van der Waals surface area contributed by atoms with E-state index in [1.54, 1.807) is 24.1 Å². The van der Waals surface area contributed by atoms with Crippen LogP contribution in [0.25, 0.3) is 11.2 Å². The Balaban J connectivity index is 1.37. The third-order valence-corrected chi connectivity index (χ3v) is 5.79. The lowest BCUT2D eigenvalue weighted by molar-refractivity contribution is 0.122. The molecular weight excluding hydrogens is 419 g/mol. The van der Waals surface area contributed by atoms with E-state index in [9.17, 15) is 14.0 Å². The van der Waals surface area contributed by atoms with Crippen molar-refractivity contribution in [3.8, 4) is 5.75 Å². The number of likely N-dealkylation sites (tertiary alicyclic amines) is 1. The Bertz CT molecular complexity index is 1200. The highest BCUT2D eigenvalue weighted by Crippen LogP contribution is 2.21. The Kier molecular flexibility index (Phi) is 5.25. The van der Waals surface area contributed by atoms with Gasteiger partial charge in [-0.25, -0.2) is 23.5 Å².